The van der Waals surface area contributed by atoms with Gasteiger partial charge in [0.25, 0.3) is 5.91 Å². The highest BCUT2D eigenvalue weighted by atomic mass is 16.5. The van der Waals surface area contributed by atoms with Crippen LogP contribution in [0.3, 0.4) is 0 Å². The number of methoxy groups -OCH3 is 1. The first-order valence-corrected chi connectivity index (χ1v) is 6.69. The van der Waals surface area contributed by atoms with Crippen LogP contribution in [0.5, 0.6) is 5.75 Å². The average molecular weight is 289 g/mol. The van der Waals surface area contributed by atoms with E-state index in [0.29, 0.717) is 13.1 Å². The minimum Gasteiger partial charge on any atom is -0.497 e. The highest BCUT2D eigenvalue weighted by molar-refractivity contribution is 5.92. The lowest BCUT2D eigenvalue weighted by Crippen LogP contribution is -2.27. The summed E-state index contributed by atoms with van der Waals surface area (Å²) in [5.74, 6) is 0.517. The van der Waals surface area contributed by atoms with Crippen molar-refractivity contribution in [3.8, 4) is 5.75 Å². The van der Waals surface area contributed by atoms with Gasteiger partial charge >= 0.3 is 0 Å². The Balaban J connectivity index is 1.99. The Hall–Kier alpha value is -2.41. The molecule has 0 aliphatic rings. The minimum atomic E-state index is -0.262. The zero-order valence-corrected chi connectivity index (χ0v) is 12.1. The highest BCUT2D eigenvalue weighted by Crippen LogP contribution is 2.17. The number of nitrogens with zero attached hydrogens (tertiary/aromatic N) is 3. The van der Waals surface area contributed by atoms with Crippen LogP contribution < -0.4 is 15.8 Å². The maximum Gasteiger partial charge on any atom is 0.273 e. The van der Waals surface area contributed by atoms with Gasteiger partial charge in [-0.3, -0.25) is 9.48 Å². The van der Waals surface area contributed by atoms with Gasteiger partial charge in [-0.15, -0.1) is 5.10 Å². The van der Waals surface area contributed by atoms with Crippen molar-refractivity contribution in [1.29, 1.82) is 0 Å². The summed E-state index contributed by atoms with van der Waals surface area (Å²) in [5.41, 5.74) is 6.69. The fourth-order valence-corrected chi connectivity index (χ4v) is 1.89. The number of benzene rings is 1. The number of ether oxygens (including phenoxy) is 1. The fraction of sp³-hybridized carbons (Fsp3) is 0.357. The molecule has 7 nitrogen and oxygen atoms in total. The normalized spacial score (nSPS) is 12.0. The quantitative estimate of drug-likeness (QED) is 0.817. The van der Waals surface area contributed by atoms with E-state index in [2.05, 4.69) is 15.6 Å². The van der Waals surface area contributed by atoms with Gasteiger partial charge in [-0.05, 0) is 24.6 Å². The van der Waals surface area contributed by atoms with Crippen LogP contribution in [0.1, 0.15) is 29.0 Å². The lowest BCUT2D eigenvalue weighted by molar-refractivity contribution is 0.0934. The van der Waals surface area contributed by atoms with E-state index in [9.17, 15) is 4.79 Å². The first kappa shape index (κ1) is 15.0. The maximum atomic E-state index is 12.1. The van der Waals surface area contributed by atoms with E-state index in [1.807, 2.05) is 31.2 Å². The molecule has 1 heterocycles. The third-order valence-electron chi connectivity index (χ3n) is 3.09. The lowest BCUT2D eigenvalue weighted by atomic mass is 10.1. The minimum absolute atomic E-state index is 0.136. The number of amides is 1. The van der Waals surface area contributed by atoms with E-state index in [1.54, 1.807) is 18.0 Å². The molecule has 2 rings (SSSR count). The monoisotopic (exact) mass is 289 g/mol. The van der Waals surface area contributed by atoms with Gasteiger partial charge in [-0.25, -0.2) is 0 Å². The summed E-state index contributed by atoms with van der Waals surface area (Å²) in [4.78, 5) is 12.1. The predicted molar refractivity (Wildman–Crippen MR) is 78.0 cm³/mol. The number of aromatic nitrogens is 3. The van der Waals surface area contributed by atoms with Crippen LogP contribution in [0.25, 0.3) is 0 Å². The molecule has 1 atom stereocenters. The Morgan fingerprint density at radius 2 is 2.14 bits per heavy atom. The second-order valence-electron chi connectivity index (χ2n) is 4.62. The van der Waals surface area contributed by atoms with Gasteiger partial charge in [0.2, 0.25) is 0 Å². The van der Waals surface area contributed by atoms with Crippen LogP contribution in [0.15, 0.2) is 30.5 Å². The molecule has 0 saturated carbocycles. The van der Waals surface area contributed by atoms with Gasteiger partial charge in [0.15, 0.2) is 5.69 Å². The molecular weight excluding hydrogens is 270 g/mol. The molecule has 112 valence electrons. The van der Waals surface area contributed by atoms with Crippen molar-refractivity contribution >= 4 is 5.91 Å². The van der Waals surface area contributed by atoms with Crippen molar-refractivity contribution in [3.63, 3.8) is 0 Å². The first-order chi connectivity index (χ1) is 10.1. The van der Waals surface area contributed by atoms with Gasteiger partial charge in [0.05, 0.1) is 25.9 Å². The van der Waals surface area contributed by atoms with E-state index in [0.717, 1.165) is 11.3 Å². The van der Waals surface area contributed by atoms with Gasteiger partial charge < -0.3 is 15.8 Å². The summed E-state index contributed by atoms with van der Waals surface area (Å²) in [6.07, 6.45) is 1.59. The first-order valence-electron chi connectivity index (χ1n) is 6.69. The molecule has 0 aliphatic carbocycles. The van der Waals surface area contributed by atoms with E-state index in [4.69, 9.17) is 10.5 Å². The molecule has 21 heavy (non-hydrogen) atoms. The maximum absolute atomic E-state index is 12.1. The molecule has 1 aromatic carbocycles. The third-order valence-corrected chi connectivity index (χ3v) is 3.09. The summed E-state index contributed by atoms with van der Waals surface area (Å²) in [7, 11) is 1.62. The summed E-state index contributed by atoms with van der Waals surface area (Å²) in [6.45, 7) is 2.89. The summed E-state index contributed by atoms with van der Waals surface area (Å²) in [5, 5.41) is 10.6. The summed E-state index contributed by atoms with van der Waals surface area (Å²) < 4.78 is 6.66. The molecule has 7 heteroatoms. The molecule has 2 aromatic rings. The number of hydrogen-bond acceptors (Lipinski definition) is 5. The van der Waals surface area contributed by atoms with Crippen LogP contribution in [-0.2, 0) is 6.54 Å². The van der Waals surface area contributed by atoms with Crippen molar-refractivity contribution < 1.29 is 9.53 Å². The molecule has 3 N–H and O–H groups in total. The zero-order valence-electron chi connectivity index (χ0n) is 12.1. The molecule has 1 unspecified atom stereocenters. The summed E-state index contributed by atoms with van der Waals surface area (Å²) >= 11 is 0. The molecule has 0 aliphatic heterocycles. The van der Waals surface area contributed by atoms with Crippen LogP contribution in [0.4, 0.5) is 0 Å². The Bertz CT molecular complexity index is 594. The number of rotatable bonds is 6. The predicted octanol–water partition coefficient (Wildman–Crippen LogP) is 0.736. The zero-order chi connectivity index (χ0) is 15.2. The Labute approximate surface area is 123 Å². The Morgan fingerprint density at radius 1 is 1.43 bits per heavy atom. The van der Waals surface area contributed by atoms with Crippen LogP contribution >= 0.6 is 0 Å². The standard InChI is InChI=1S/C14H19N5O2/c1-10(11-3-5-12(21-2)6-4-11)16-14(20)13-9-19(8-7-15)18-17-13/h3-6,9-10H,7-8,15H2,1-2H3,(H,16,20). The van der Waals surface area contributed by atoms with Gasteiger partial charge in [0.1, 0.15) is 5.75 Å². The highest BCUT2D eigenvalue weighted by Gasteiger charge is 2.14. The van der Waals surface area contributed by atoms with Crippen molar-refractivity contribution in [2.24, 2.45) is 5.73 Å². The smallest absolute Gasteiger partial charge is 0.273 e. The molecule has 0 bridgehead atoms. The third kappa shape index (κ3) is 3.79. The van der Waals surface area contributed by atoms with Crippen molar-refractivity contribution in [2.75, 3.05) is 13.7 Å². The lowest BCUT2D eigenvalue weighted by Gasteiger charge is -2.13. The van der Waals surface area contributed by atoms with Gasteiger partial charge in [-0.2, -0.15) is 0 Å². The number of nitrogens with one attached hydrogen (secondary N) is 1. The van der Waals surface area contributed by atoms with E-state index in [-0.39, 0.29) is 17.6 Å². The van der Waals surface area contributed by atoms with Gasteiger partial charge in [0, 0.05) is 6.54 Å². The molecule has 1 amide bonds. The number of carbonyl (C=O) groups is 1. The largest absolute Gasteiger partial charge is 0.497 e. The number of nitrogens with two attached hydrogens (primary N) is 1. The van der Waals surface area contributed by atoms with Crippen molar-refractivity contribution in [1.82, 2.24) is 20.3 Å². The molecule has 1 aromatic heterocycles. The molecule has 0 radical (unpaired) electrons. The van der Waals surface area contributed by atoms with Crippen molar-refractivity contribution in [3.05, 3.63) is 41.7 Å². The second-order valence-corrected chi connectivity index (χ2v) is 4.62. The van der Waals surface area contributed by atoms with E-state index in [1.165, 1.54) is 0 Å². The summed E-state index contributed by atoms with van der Waals surface area (Å²) in [6, 6.07) is 7.40. The second kappa shape index (κ2) is 6.85. The molecule has 0 fully saturated rings. The van der Waals surface area contributed by atoms with Crippen LogP contribution in [-0.4, -0.2) is 34.6 Å². The Kier molecular flexibility index (Phi) is 4.89. The molecule has 0 saturated heterocycles. The topological polar surface area (TPSA) is 95.1 Å². The van der Waals surface area contributed by atoms with E-state index < -0.39 is 0 Å². The average Bonchev–Trinajstić information content (AvgIpc) is 2.96. The van der Waals surface area contributed by atoms with Crippen molar-refractivity contribution in [2.45, 2.75) is 19.5 Å². The van der Waals surface area contributed by atoms with E-state index >= 15 is 0 Å². The molecule has 0 spiro atoms. The molecular formula is C14H19N5O2. The van der Waals surface area contributed by atoms with Gasteiger partial charge in [-0.1, -0.05) is 17.3 Å². The fourth-order valence-electron chi connectivity index (χ4n) is 1.89. The SMILES string of the molecule is COc1ccc(C(C)NC(=O)c2cn(CCN)nn2)cc1. The van der Waals surface area contributed by atoms with Crippen LogP contribution in [0.2, 0.25) is 0 Å². The number of carbonyl (C=O) groups excluding carboxylic acids is 1. The van der Waals surface area contributed by atoms with Crippen LogP contribution in [0, 0.1) is 0 Å². The Morgan fingerprint density at radius 3 is 2.76 bits per heavy atom. The number of hydrogen-bond donors (Lipinski definition) is 2.